The van der Waals surface area contributed by atoms with Gasteiger partial charge in [0.2, 0.25) is 5.91 Å². The number of anilines is 1. The monoisotopic (exact) mass is 346 g/mol. The third-order valence-electron chi connectivity index (χ3n) is 4.01. The van der Waals surface area contributed by atoms with Gasteiger partial charge in [-0.2, -0.15) is 0 Å². The van der Waals surface area contributed by atoms with Gasteiger partial charge in [-0.15, -0.1) is 23.1 Å². The van der Waals surface area contributed by atoms with Crippen LogP contribution in [0.15, 0.2) is 40.6 Å². The summed E-state index contributed by atoms with van der Waals surface area (Å²) < 4.78 is 0. The Morgan fingerprint density at radius 2 is 2.13 bits per heavy atom. The van der Waals surface area contributed by atoms with Crippen molar-refractivity contribution >= 4 is 40.6 Å². The number of hydrogen-bond donors (Lipinski definition) is 1. The van der Waals surface area contributed by atoms with Crippen molar-refractivity contribution in [1.29, 1.82) is 0 Å². The van der Waals surface area contributed by atoms with Crippen LogP contribution >= 0.6 is 23.1 Å². The zero-order chi connectivity index (χ0) is 16.6. The van der Waals surface area contributed by atoms with Crippen LogP contribution < -0.4 is 5.32 Å². The molecule has 0 fully saturated rings. The first-order valence-electron chi connectivity index (χ1n) is 7.39. The van der Waals surface area contributed by atoms with Crippen LogP contribution in [-0.4, -0.2) is 29.0 Å². The number of benzene rings is 1. The molecule has 23 heavy (non-hydrogen) atoms. The van der Waals surface area contributed by atoms with Crippen LogP contribution in [0.5, 0.6) is 0 Å². The van der Waals surface area contributed by atoms with Gasteiger partial charge in [0, 0.05) is 22.4 Å². The topological polar surface area (TPSA) is 49.4 Å². The predicted molar refractivity (Wildman–Crippen MR) is 95.2 cm³/mol. The number of rotatable bonds is 3. The summed E-state index contributed by atoms with van der Waals surface area (Å²) in [6, 6.07) is 9.54. The number of thioether (sulfide) groups is 1. The number of nitrogens with one attached hydrogen (secondary N) is 1. The highest BCUT2D eigenvalue weighted by atomic mass is 32.2. The molecule has 2 aromatic rings. The lowest BCUT2D eigenvalue weighted by molar-refractivity contribution is -0.115. The number of amides is 2. The van der Waals surface area contributed by atoms with Crippen LogP contribution in [0.2, 0.25) is 0 Å². The Labute approximate surface area is 143 Å². The minimum atomic E-state index is -0.106. The fourth-order valence-corrected chi connectivity index (χ4v) is 4.20. The smallest absolute Gasteiger partial charge is 0.254 e. The summed E-state index contributed by atoms with van der Waals surface area (Å²) in [6.45, 7) is 3.89. The maximum absolute atomic E-state index is 12.7. The summed E-state index contributed by atoms with van der Waals surface area (Å²) >= 11 is 3.16. The summed E-state index contributed by atoms with van der Waals surface area (Å²) in [5.74, 6) is -0.0704. The molecule has 0 aliphatic carbocycles. The Kier molecular flexibility index (Phi) is 4.46. The van der Waals surface area contributed by atoms with E-state index in [4.69, 9.17) is 0 Å². The average Bonchev–Trinajstić information content (AvgIpc) is 3.08. The van der Waals surface area contributed by atoms with Crippen molar-refractivity contribution in [2.75, 3.05) is 12.4 Å². The number of fused-ring (bicyclic) bond motifs is 1. The van der Waals surface area contributed by atoms with Gasteiger partial charge in [-0.05, 0) is 43.5 Å². The van der Waals surface area contributed by atoms with Gasteiger partial charge in [-0.25, -0.2) is 0 Å². The molecular formula is C17H18N2O2S2. The van der Waals surface area contributed by atoms with Crippen molar-refractivity contribution in [3.8, 4) is 0 Å². The van der Waals surface area contributed by atoms with Gasteiger partial charge in [0.25, 0.3) is 5.91 Å². The van der Waals surface area contributed by atoms with Crippen molar-refractivity contribution in [1.82, 2.24) is 4.90 Å². The largest absolute Gasteiger partial charge is 0.334 e. The first kappa shape index (κ1) is 16.1. The zero-order valence-electron chi connectivity index (χ0n) is 13.2. The number of thiophene rings is 1. The highest BCUT2D eigenvalue weighted by Gasteiger charge is 2.25. The van der Waals surface area contributed by atoms with E-state index in [-0.39, 0.29) is 23.1 Å². The van der Waals surface area contributed by atoms with E-state index in [0.29, 0.717) is 5.56 Å². The standard InChI is InChI=1S/C17H18N2O2S2/c1-10(14-5-4-8-22-14)19(3)17(21)12-6-7-15-13(9-12)18-16(20)11(2)23-15/h4-11H,1-3H3,(H,18,20). The predicted octanol–water partition coefficient (Wildman–Crippen LogP) is 4.01. The fraction of sp³-hybridized carbons (Fsp3) is 0.294. The molecule has 3 rings (SSSR count). The molecule has 2 atom stereocenters. The van der Waals surface area contributed by atoms with Gasteiger partial charge in [0.05, 0.1) is 17.0 Å². The van der Waals surface area contributed by atoms with Crippen LogP contribution in [0, 0.1) is 0 Å². The molecule has 1 aromatic carbocycles. The zero-order valence-corrected chi connectivity index (χ0v) is 14.8. The van der Waals surface area contributed by atoms with Crippen molar-refractivity contribution in [2.45, 2.75) is 30.0 Å². The Bertz CT molecular complexity index is 743. The van der Waals surface area contributed by atoms with Crippen LogP contribution in [0.1, 0.15) is 35.1 Å². The SMILES string of the molecule is CC1Sc2ccc(C(=O)N(C)C(C)c3cccs3)cc2NC1=O. The van der Waals surface area contributed by atoms with E-state index >= 15 is 0 Å². The summed E-state index contributed by atoms with van der Waals surface area (Å²) in [7, 11) is 1.81. The first-order chi connectivity index (χ1) is 11.0. The van der Waals surface area contributed by atoms with E-state index < -0.39 is 0 Å². The third kappa shape index (κ3) is 3.14. The molecule has 0 spiro atoms. The molecule has 1 aliphatic heterocycles. The number of carbonyl (C=O) groups is 2. The number of nitrogens with zero attached hydrogens (tertiary/aromatic N) is 1. The Balaban J connectivity index is 1.83. The molecule has 120 valence electrons. The van der Waals surface area contributed by atoms with Gasteiger partial charge in [-0.1, -0.05) is 6.07 Å². The maximum Gasteiger partial charge on any atom is 0.254 e. The second kappa shape index (κ2) is 6.37. The Morgan fingerprint density at radius 1 is 1.35 bits per heavy atom. The van der Waals surface area contributed by atoms with Crippen molar-refractivity contribution in [3.63, 3.8) is 0 Å². The molecule has 1 aromatic heterocycles. The molecule has 6 heteroatoms. The molecule has 0 bridgehead atoms. The molecule has 2 heterocycles. The van der Waals surface area contributed by atoms with E-state index in [1.807, 2.05) is 50.5 Å². The van der Waals surface area contributed by atoms with Gasteiger partial charge < -0.3 is 10.2 Å². The molecule has 4 nitrogen and oxygen atoms in total. The maximum atomic E-state index is 12.7. The highest BCUT2D eigenvalue weighted by molar-refractivity contribution is 8.00. The first-order valence-corrected chi connectivity index (χ1v) is 9.15. The molecule has 2 amide bonds. The van der Waals surface area contributed by atoms with Crippen LogP contribution in [-0.2, 0) is 4.79 Å². The molecule has 0 saturated heterocycles. The number of hydrogen-bond acceptors (Lipinski definition) is 4. The van der Waals surface area contributed by atoms with E-state index in [9.17, 15) is 9.59 Å². The number of carbonyl (C=O) groups excluding carboxylic acids is 2. The van der Waals surface area contributed by atoms with Crippen LogP contribution in [0.25, 0.3) is 0 Å². The minimum absolute atomic E-state index is 0.0162. The summed E-state index contributed by atoms with van der Waals surface area (Å²) in [5.41, 5.74) is 1.31. The molecule has 0 saturated carbocycles. The van der Waals surface area contributed by atoms with Gasteiger partial charge in [0.15, 0.2) is 0 Å². The fourth-order valence-electron chi connectivity index (χ4n) is 2.44. The second-order valence-electron chi connectivity index (χ2n) is 5.57. The quantitative estimate of drug-likeness (QED) is 0.913. The average molecular weight is 346 g/mol. The lowest BCUT2D eigenvalue weighted by Crippen LogP contribution is -2.30. The summed E-state index contributed by atoms with van der Waals surface area (Å²) in [5, 5.41) is 4.78. The summed E-state index contributed by atoms with van der Waals surface area (Å²) in [4.78, 5) is 28.4. The summed E-state index contributed by atoms with van der Waals surface area (Å²) in [6.07, 6.45) is 0. The molecule has 1 N–H and O–H groups in total. The van der Waals surface area contributed by atoms with Crippen molar-refractivity contribution < 1.29 is 9.59 Å². The molecule has 1 aliphatic rings. The van der Waals surface area contributed by atoms with Crippen LogP contribution in [0.4, 0.5) is 5.69 Å². The van der Waals surface area contributed by atoms with Gasteiger partial charge in [-0.3, -0.25) is 9.59 Å². The van der Waals surface area contributed by atoms with E-state index in [2.05, 4.69) is 5.32 Å². The van der Waals surface area contributed by atoms with Gasteiger partial charge in [0.1, 0.15) is 0 Å². The highest BCUT2D eigenvalue weighted by Crippen LogP contribution is 2.36. The van der Waals surface area contributed by atoms with E-state index in [0.717, 1.165) is 15.5 Å². The Hall–Kier alpha value is -1.79. The van der Waals surface area contributed by atoms with E-state index in [1.54, 1.807) is 22.3 Å². The molecular weight excluding hydrogens is 328 g/mol. The second-order valence-corrected chi connectivity index (χ2v) is 7.93. The Morgan fingerprint density at radius 3 is 2.83 bits per heavy atom. The lowest BCUT2D eigenvalue weighted by Gasteiger charge is -2.26. The lowest BCUT2D eigenvalue weighted by atomic mass is 10.1. The third-order valence-corrected chi connectivity index (χ3v) is 6.23. The van der Waals surface area contributed by atoms with Gasteiger partial charge >= 0.3 is 0 Å². The normalized spacial score (nSPS) is 18.0. The van der Waals surface area contributed by atoms with Crippen LogP contribution in [0.3, 0.4) is 0 Å². The van der Waals surface area contributed by atoms with Crippen molar-refractivity contribution in [3.05, 3.63) is 46.2 Å². The van der Waals surface area contributed by atoms with E-state index in [1.165, 1.54) is 11.8 Å². The van der Waals surface area contributed by atoms with Crippen molar-refractivity contribution in [2.24, 2.45) is 0 Å². The molecule has 2 unspecified atom stereocenters. The minimum Gasteiger partial charge on any atom is -0.334 e. The molecule has 0 radical (unpaired) electrons.